The van der Waals surface area contributed by atoms with Gasteiger partial charge in [-0.15, -0.1) is 0 Å². The molecular formula is C20H20F4. The lowest BCUT2D eigenvalue weighted by Crippen LogP contribution is -2.12. The number of hydrogen-bond donors (Lipinski definition) is 0. The Morgan fingerprint density at radius 2 is 1.46 bits per heavy atom. The van der Waals surface area contributed by atoms with Crippen molar-refractivity contribution in [2.24, 2.45) is 5.92 Å². The smallest absolute Gasteiger partial charge is 0.195 e. The zero-order chi connectivity index (χ0) is 17.3. The van der Waals surface area contributed by atoms with Crippen molar-refractivity contribution >= 4 is 0 Å². The van der Waals surface area contributed by atoms with Crippen molar-refractivity contribution in [2.75, 3.05) is 0 Å². The lowest BCUT2D eigenvalue weighted by Gasteiger charge is -2.28. The van der Waals surface area contributed by atoms with Crippen LogP contribution in [0.15, 0.2) is 30.3 Å². The minimum atomic E-state index is -1.58. The van der Waals surface area contributed by atoms with Crippen molar-refractivity contribution in [3.8, 4) is 11.1 Å². The van der Waals surface area contributed by atoms with Crippen LogP contribution in [0.25, 0.3) is 11.1 Å². The highest BCUT2D eigenvalue weighted by molar-refractivity contribution is 5.65. The Bertz CT molecular complexity index is 731. The number of halogens is 4. The van der Waals surface area contributed by atoms with Crippen molar-refractivity contribution in [3.05, 3.63) is 59.2 Å². The molecule has 0 aromatic heterocycles. The normalized spacial score (nSPS) is 21.0. The summed E-state index contributed by atoms with van der Waals surface area (Å²) < 4.78 is 54.8. The molecule has 0 heterocycles. The molecule has 24 heavy (non-hydrogen) atoms. The van der Waals surface area contributed by atoms with Gasteiger partial charge in [-0.05, 0) is 61.3 Å². The molecule has 2 aromatic rings. The summed E-state index contributed by atoms with van der Waals surface area (Å²) >= 11 is 0. The molecule has 0 spiro atoms. The quantitative estimate of drug-likeness (QED) is 0.438. The van der Waals surface area contributed by atoms with E-state index in [1.807, 2.05) is 0 Å². The van der Waals surface area contributed by atoms with Gasteiger partial charge in [-0.2, -0.15) is 0 Å². The first-order chi connectivity index (χ1) is 11.5. The largest absolute Gasteiger partial charge is 0.206 e. The van der Waals surface area contributed by atoms with Gasteiger partial charge in [-0.3, -0.25) is 0 Å². The predicted molar refractivity (Wildman–Crippen MR) is 86.7 cm³/mol. The van der Waals surface area contributed by atoms with E-state index in [9.17, 15) is 17.6 Å². The van der Waals surface area contributed by atoms with Crippen molar-refractivity contribution in [1.29, 1.82) is 0 Å². The SMILES string of the molecule is CC[C@H]1CC[C@H](c2ccc(-c3ccc(F)c(F)c3F)c(F)c2)CC1. The van der Waals surface area contributed by atoms with Crippen LogP contribution in [0.5, 0.6) is 0 Å². The van der Waals surface area contributed by atoms with Gasteiger partial charge >= 0.3 is 0 Å². The summed E-state index contributed by atoms with van der Waals surface area (Å²) in [5.41, 5.74) is 0.596. The first kappa shape index (κ1) is 17.0. The van der Waals surface area contributed by atoms with Crippen LogP contribution < -0.4 is 0 Å². The first-order valence-electron chi connectivity index (χ1n) is 8.44. The molecule has 1 aliphatic rings. The molecule has 0 saturated heterocycles. The van der Waals surface area contributed by atoms with Crippen LogP contribution in [0, 0.1) is 29.2 Å². The van der Waals surface area contributed by atoms with E-state index in [1.54, 1.807) is 6.07 Å². The van der Waals surface area contributed by atoms with Crippen molar-refractivity contribution in [2.45, 2.75) is 44.9 Å². The second-order valence-electron chi connectivity index (χ2n) is 6.59. The number of rotatable bonds is 3. The molecule has 1 fully saturated rings. The average Bonchev–Trinajstić information content (AvgIpc) is 2.60. The van der Waals surface area contributed by atoms with Gasteiger partial charge in [0, 0.05) is 11.1 Å². The van der Waals surface area contributed by atoms with Gasteiger partial charge in [0.05, 0.1) is 0 Å². The molecule has 128 valence electrons. The minimum absolute atomic E-state index is 0.0441. The second kappa shape index (κ2) is 6.96. The van der Waals surface area contributed by atoms with Crippen molar-refractivity contribution < 1.29 is 17.6 Å². The highest BCUT2D eigenvalue weighted by Crippen LogP contribution is 2.38. The van der Waals surface area contributed by atoms with Gasteiger partial charge in [0.15, 0.2) is 17.5 Å². The van der Waals surface area contributed by atoms with Gasteiger partial charge in [0.2, 0.25) is 0 Å². The molecule has 0 aliphatic heterocycles. The average molecular weight is 336 g/mol. The van der Waals surface area contributed by atoms with Crippen LogP contribution >= 0.6 is 0 Å². The number of benzene rings is 2. The van der Waals surface area contributed by atoms with Crippen LogP contribution in [0.3, 0.4) is 0 Å². The van der Waals surface area contributed by atoms with E-state index in [0.717, 1.165) is 49.3 Å². The van der Waals surface area contributed by atoms with Gasteiger partial charge in [-0.25, -0.2) is 17.6 Å². The van der Waals surface area contributed by atoms with Crippen LogP contribution in [0.4, 0.5) is 17.6 Å². The van der Waals surface area contributed by atoms with E-state index < -0.39 is 23.3 Å². The Morgan fingerprint density at radius 1 is 0.792 bits per heavy atom. The van der Waals surface area contributed by atoms with E-state index in [1.165, 1.54) is 18.6 Å². The maximum absolute atomic E-state index is 14.5. The van der Waals surface area contributed by atoms with Gasteiger partial charge in [0.25, 0.3) is 0 Å². The first-order valence-corrected chi connectivity index (χ1v) is 8.44. The van der Waals surface area contributed by atoms with Gasteiger partial charge < -0.3 is 0 Å². The summed E-state index contributed by atoms with van der Waals surface area (Å²) in [7, 11) is 0. The minimum Gasteiger partial charge on any atom is -0.206 e. The van der Waals surface area contributed by atoms with Gasteiger partial charge in [0.1, 0.15) is 5.82 Å². The van der Waals surface area contributed by atoms with Crippen LogP contribution in [0.2, 0.25) is 0 Å². The molecular weight excluding hydrogens is 316 g/mol. The molecule has 0 radical (unpaired) electrons. The third-order valence-corrected chi connectivity index (χ3v) is 5.21. The maximum Gasteiger partial charge on any atom is 0.195 e. The fourth-order valence-corrected chi connectivity index (χ4v) is 3.64. The van der Waals surface area contributed by atoms with Crippen LogP contribution in [-0.2, 0) is 0 Å². The Labute approximate surface area is 139 Å². The topological polar surface area (TPSA) is 0 Å². The molecule has 1 saturated carbocycles. The summed E-state index contributed by atoms with van der Waals surface area (Å²) in [4.78, 5) is 0. The lowest BCUT2D eigenvalue weighted by molar-refractivity contribution is 0.318. The van der Waals surface area contributed by atoms with Crippen molar-refractivity contribution in [1.82, 2.24) is 0 Å². The maximum atomic E-state index is 14.5. The van der Waals surface area contributed by atoms with E-state index >= 15 is 0 Å². The zero-order valence-corrected chi connectivity index (χ0v) is 13.6. The predicted octanol–water partition coefficient (Wildman–Crippen LogP) is 6.59. The molecule has 0 bridgehead atoms. The van der Waals surface area contributed by atoms with Crippen LogP contribution in [0.1, 0.15) is 50.5 Å². The zero-order valence-electron chi connectivity index (χ0n) is 13.6. The Balaban J connectivity index is 1.87. The summed E-state index contributed by atoms with van der Waals surface area (Å²) in [6.45, 7) is 2.19. The Morgan fingerprint density at radius 3 is 2.08 bits per heavy atom. The summed E-state index contributed by atoms with van der Waals surface area (Å²) in [5.74, 6) is -3.75. The monoisotopic (exact) mass is 336 g/mol. The second-order valence-corrected chi connectivity index (χ2v) is 6.59. The third-order valence-electron chi connectivity index (χ3n) is 5.21. The van der Waals surface area contributed by atoms with Crippen LogP contribution in [-0.4, -0.2) is 0 Å². The lowest BCUT2D eigenvalue weighted by atomic mass is 9.77. The standard InChI is InChI=1S/C20H20F4/c1-2-12-3-5-13(6-4-12)14-7-8-15(18(22)11-14)16-9-10-17(21)20(24)19(16)23/h7-13H,2-6H2,1H3/t12-,13-. The molecule has 2 aromatic carbocycles. The fraction of sp³-hybridized carbons (Fsp3) is 0.400. The van der Waals surface area contributed by atoms with Gasteiger partial charge in [-0.1, -0.05) is 25.5 Å². The van der Waals surface area contributed by atoms with E-state index in [2.05, 4.69) is 6.92 Å². The molecule has 1 aliphatic carbocycles. The molecule has 0 N–H and O–H groups in total. The fourth-order valence-electron chi connectivity index (χ4n) is 3.64. The summed E-state index contributed by atoms with van der Waals surface area (Å²) in [5, 5.41) is 0. The molecule has 0 nitrogen and oxygen atoms in total. The van der Waals surface area contributed by atoms with E-state index in [-0.39, 0.29) is 11.1 Å². The Hall–Kier alpha value is -1.84. The molecule has 3 rings (SSSR count). The molecule has 4 heteroatoms. The molecule has 0 amide bonds. The van der Waals surface area contributed by atoms with E-state index in [0.29, 0.717) is 5.92 Å². The molecule has 0 unspecified atom stereocenters. The summed E-state index contributed by atoms with van der Waals surface area (Å²) in [6, 6.07) is 6.53. The Kier molecular flexibility index (Phi) is 4.93. The summed E-state index contributed by atoms with van der Waals surface area (Å²) in [6.07, 6.45) is 5.51. The highest BCUT2D eigenvalue weighted by Gasteiger charge is 2.23. The molecule has 0 atom stereocenters. The highest BCUT2D eigenvalue weighted by atomic mass is 19.2. The van der Waals surface area contributed by atoms with E-state index in [4.69, 9.17) is 0 Å². The number of hydrogen-bond acceptors (Lipinski definition) is 0. The van der Waals surface area contributed by atoms with Crippen molar-refractivity contribution in [3.63, 3.8) is 0 Å². The third kappa shape index (κ3) is 3.19.